The van der Waals surface area contributed by atoms with Crippen molar-refractivity contribution in [2.75, 3.05) is 18.9 Å². The molecule has 0 aromatic carbocycles. The first kappa shape index (κ1) is 12.9. The van der Waals surface area contributed by atoms with Crippen LogP contribution in [-0.4, -0.2) is 38.9 Å². The van der Waals surface area contributed by atoms with Crippen LogP contribution in [0.2, 0.25) is 5.15 Å². The summed E-state index contributed by atoms with van der Waals surface area (Å²) in [5, 5.41) is 3.20. The maximum Gasteiger partial charge on any atom is 0.254 e. The van der Waals surface area contributed by atoms with E-state index in [1.807, 2.05) is 6.20 Å². The van der Waals surface area contributed by atoms with Crippen molar-refractivity contribution in [1.82, 2.24) is 19.4 Å². The molecule has 0 bridgehead atoms. The molecule has 1 N–H and O–H groups in total. The molecule has 0 saturated carbocycles. The van der Waals surface area contributed by atoms with Crippen LogP contribution in [0.4, 0.5) is 5.82 Å². The molecule has 0 radical (unpaired) electrons. The maximum absolute atomic E-state index is 12.5. The van der Waals surface area contributed by atoms with E-state index in [4.69, 9.17) is 11.6 Å². The molecule has 0 aliphatic carbocycles. The number of anilines is 1. The molecule has 0 fully saturated rings. The highest BCUT2D eigenvalue weighted by molar-refractivity contribution is 6.29. The van der Waals surface area contributed by atoms with E-state index >= 15 is 0 Å². The summed E-state index contributed by atoms with van der Waals surface area (Å²) in [7, 11) is 1.74. The molecule has 0 atom stereocenters. The Morgan fingerprint density at radius 1 is 1.40 bits per heavy atom. The van der Waals surface area contributed by atoms with Crippen molar-refractivity contribution in [1.29, 1.82) is 0 Å². The number of fused-ring (bicyclic) bond motifs is 1. The van der Waals surface area contributed by atoms with Gasteiger partial charge in [0.2, 0.25) is 0 Å². The van der Waals surface area contributed by atoms with E-state index in [0.717, 1.165) is 12.4 Å². The average Bonchev–Trinajstić information content (AvgIpc) is 2.93. The lowest BCUT2D eigenvalue weighted by atomic mass is 10.2. The number of carbonyl (C=O) groups excluding carboxylic acids is 1. The van der Waals surface area contributed by atoms with Crippen LogP contribution in [0.1, 0.15) is 16.2 Å². The number of carbonyl (C=O) groups is 1. The summed E-state index contributed by atoms with van der Waals surface area (Å²) in [5.74, 6) is 1.43. The van der Waals surface area contributed by atoms with E-state index < -0.39 is 0 Å². The topological polar surface area (TPSA) is 63.1 Å². The van der Waals surface area contributed by atoms with Gasteiger partial charge < -0.3 is 14.8 Å². The second kappa shape index (κ2) is 5.13. The summed E-state index contributed by atoms with van der Waals surface area (Å²) in [6, 6.07) is 3.29. The van der Waals surface area contributed by atoms with Gasteiger partial charge in [0.25, 0.3) is 5.91 Å². The zero-order valence-corrected chi connectivity index (χ0v) is 11.8. The van der Waals surface area contributed by atoms with Gasteiger partial charge in [0.05, 0.1) is 6.54 Å². The number of nitrogens with zero attached hydrogens (tertiary/aromatic N) is 4. The van der Waals surface area contributed by atoms with Gasteiger partial charge in [-0.25, -0.2) is 9.97 Å². The number of aromatic nitrogens is 3. The van der Waals surface area contributed by atoms with Gasteiger partial charge in [-0.2, -0.15) is 0 Å². The third-order valence-corrected chi connectivity index (χ3v) is 3.52. The molecule has 0 spiro atoms. The molecule has 1 aliphatic heterocycles. The molecule has 3 rings (SSSR count). The van der Waals surface area contributed by atoms with Crippen LogP contribution in [-0.2, 0) is 13.1 Å². The lowest BCUT2D eigenvalue weighted by Gasteiger charge is -2.27. The largest absolute Gasteiger partial charge is 0.373 e. The fourth-order valence-electron chi connectivity index (χ4n) is 2.28. The molecule has 3 heterocycles. The van der Waals surface area contributed by atoms with Gasteiger partial charge >= 0.3 is 0 Å². The van der Waals surface area contributed by atoms with E-state index in [9.17, 15) is 4.79 Å². The van der Waals surface area contributed by atoms with Crippen molar-refractivity contribution in [2.24, 2.45) is 0 Å². The highest BCUT2D eigenvalue weighted by Gasteiger charge is 2.22. The third kappa shape index (κ3) is 2.34. The highest BCUT2D eigenvalue weighted by atomic mass is 35.5. The second-order valence-corrected chi connectivity index (χ2v) is 4.96. The fourth-order valence-corrected chi connectivity index (χ4v) is 2.49. The quantitative estimate of drug-likeness (QED) is 0.854. The van der Waals surface area contributed by atoms with Crippen molar-refractivity contribution >= 4 is 23.3 Å². The van der Waals surface area contributed by atoms with Gasteiger partial charge in [0, 0.05) is 38.1 Å². The molecule has 7 heteroatoms. The van der Waals surface area contributed by atoms with E-state index in [1.165, 1.54) is 0 Å². The Morgan fingerprint density at radius 2 is 2.25 bits per heavy atom. The summed E-state index contributed by atoms with van der Waals surface area (Å²) in [5.41, 5.74) is 0.536. The number of pyridine rings is 1. The molecule has 2 aromatic heterocycles. The van der Waals surface area contributed by atoms with Gasteiger partial charge in [0.1, 0.15) is 16.8 Å². The number of rotatable bonds is 2. The van der Waals surface area contributed by atoms with E-state index in [1.54, 1.807) is 30.3 Å². The zero-order valence-electron chi connectivity index (χ0n) is 11.0. The predicted octanol–water partition coefficient (Wildman–Crippen LogP) is 1.63. The summed E-state index contributed by atoms with van der Waals surface area (Å²) in [6.07, 6.45) is 3.69. The Labute approximate surface area is 121 Å². The standard InChI is InChI=1S/C13H14ClN5O/c1-15-11-7-9(6-10(14)17-11)13(20)19-5-4-18-3-2-16-12(18)8-19/h2-3,6-7H,4-5,8H2,1H3,(H,15,17). The number of nitrogens with one attached hydrogen (secondary N) is 1. The Hall–Kier alpha value is -2.08. The van der Waals surface area contributed by atoms with E-state index in [0.29, 0.717) is 29.6 Å². The first-order valence-electron chi connectivity index (χ1n) is 6.32. The van der Waals surface area contributed by atoms with E-state index in [-0.39, 0.29) is 5.91 Å². The SMILES string of the molecule is CNc1cc(C(=O)N2CCn3ccnc3C2)cc(Cl)n1. The van der Waals surface area contributed by atoms with Crippen molar-refractivity contribution < 1.29 is 4.79 Å². The molecular weight excluding hydrogens is 278 g/mol. The van der Waals surface area contributed by atoms with Crippen LogP contribution in [0.5, 0.6) is 0 Å². The molecule has 0 unspecified atom stereocenters. The Morgan fingerprint density at radius 3 is 3.05 bits per heavy atom. The predicted molar refractivity (Wildman–Crippen MR) is 75.8 cm³/mol. The number of hydrogen-bond donors (Lipinski definition) is 1. The van der Waals surface area contributed by atoms with Gasteiger partial charge in [-0.1, -0.05) is 11.6 Å². The molecule has 1 aliphatic rings. The van der Waals surface area contributed by atoms with Gasteiger partial charge in [-0.3, -0.25) is 4.79 Å². The van der Waals surface area contributed by atoms with Gasteiger partial charge in [-0.05, 0) is 12.1 Å². The number of halogens is 1. The van der Waals surface area contributed by atoms with Crippen LogP contribution in [0.3, 0.4) is 0 Å². The summed E-state index contributed by atoms with van der Waals surface area (Å²) >= 11 is 5.94. The molecule has 104 valence electrons. The van der Waals surface area contributed by atoms with Crippen molar-refractivity contribution in [3.8, 4) is 0 Å². The Kier molecular flexibility index (Phi) is 3.31. The smallest absolute Gasteiger partial charge is 0.254 e. The van der Waals surface area contributed by atoms with Gasteiger partial charge in [0.15, 0.2) is 0 Å². The van der Waals surface area contributed by atoms with Gasteiger partial charge in [-0.15, -0.1) is 0 Å². The number of hydrogen-bond acceptors (Lipinski definition) is 4. The molecule has 6 nitrogen and oxygen atoms in total. The number of amides is 1. The minimum atomic E-state index is -0.0555. The second-order valence-electron chi connectivity index (χ2n) is 4.58. The van der Waals surface area contributed by atoms with Crippen LogP contribution in [0.25, 0.3) is 0 Å². The first-order chi connectivity index (χ1) is 9.67. The first-order valence-corrected chi connectivity index (χ1v) is 6.70. The minimum absolute atomic E-state index is 0.0555. The molecular formula is C13H14ClN5O. The summed E-state index contributed by atoms with van der Waals surface area (Å²) < 4.78 is 2.06. The van der Waals surface area contributed by atoms with E-state index in [2.05, 4.69) is 19.9 Å². The fraction of sp³-hybridized carbons (Fsp3) is 0.308. The van der Waals surface area contributed by atoms with Crippen molar-refractivity contribution in [3.05, 3.63) is 41.1 Å². The third-order valence-electron chi connectivity index (χ3n) is 3.33. The van der Waals surface area contributed by atoms with Crippen LogP contribution < -0.4 is 5.32 Å². The number of imidazole rings is 1. The van der Waals surface area contributed by atoms with Crippen LogP contribution in [0, 0.1) is 0 Å². The normalized spacial score (nSPS) is 14.0. The lowest BCUT2D eigenvalue weighted by molar-refractivity contribution is 0.0707. The highest BCUT2D eigenvalue weighted by Crippen LogP contribution is 2.18. The van der Waals surface area contributed by atoms with Crippen LogP contribution in [0.15, 0.2) is 24.5 Å². The van der Waals surface area contributed by atoms with Crippen molar-refractivity contribution in [3.63, 3.8) is 0 Å². The molecule has 1 amide bonds. The Balaban J connectivity index is 1.85. The monoisotopic (exact) mass is 291 g/mol. The minimum Gasteiger partial charge on any atom is -0.373 e. The summed E-state index contributed by atoms with van der Waals surface area (Å²) in [4.78, 5) is 22.6. The molecule has 0 saturated heterocycles. The average molecular weight is 292 g/mol. The maximum atomic E-state index is 12.5. The Bertz CT molecular complexity index is 654. The molecule has 20 heavy (non-hydrogen) atoms. The lowest BCUT2D eigenvalue weighted by Crippen LogP contribution is -2.38. The van der Waals surface area contributed by atoms with Crippen molar-refractivity contribution in [2.45, 2.75) is 13.1 Å². The summed E-state index contributed by atoms with van der Waals surface area (Å²) in [6.45, 7) is 1.94. The zero-order chi connectivity index (χ0) is 14.1. The molecule has 2 aromatic rings. The van der Waals surface area contributed by atoms with Crippen LogP contribution >= 0.6 is 11.6 Å².